The van der Waals surface area contributed by atoms with E-state index < -0.39 is 5.97 Å². The van der Waals surface area contributed by atoms with Crippen molar-refractivity contribution >= 4 is 39.8 Å². The highest BCUT2D eigenvalue weighted by Crippen LogP contribution is 2.34. The second-order valence-corrected chi connectivity index (χ2v) is 5.23. The Bertz CT molecular complexity index is 731. The number of aromatic carboxylic acids is 1. The normalized spacial score (nSPS) is 10.9. The molecule has 3 rings (SSSR count). The number of carbonyl (C=O) groups is 1. The van der Waals surface area contributed by atoms with Crippen molar-refractivity contribution in [2.45, 2.75) is 0 Å². The average molecular weight is 278 g/mol. The van der Waals surface area contributed by atoms with Gasteiger partial charge in [0.15, 0.2) is 0 Å². The largest absolute Gasteiger partial charge is 0.478 e. The van der Waals surface area contributed by atoms with Crippen LogP contribution in [0.2, 0.25) is 5.02 Å². The first-order chi connectivity index (χ1) is 8.66. The van der Waals surface area contributed by atoms with Gasteiger partial charge in [-0.2, -0.15) is 0 Å². The maximum Gasteiger partial charge on any atom is 0.338 e. The first kappa shape index (κ1) is 11.3. The van der Waals surface area contributed by atoms with Gasteiger partial charge < -0.3 is 10.1 Å². The molecule has 0 unspecified atom stereocenters. The van der Waals surface area contributed by atoms with Crippen LogP contribution in [0.1, 0.15) is 10.4 Å². The summed E-state index contributed by atoms with van der Waals surface area (Å²) in [6.45, 7) is 0. The Hall–Kier alpha value is -1.78. The minimum atomic E-state index is -0.952. The number of nitrogens with one attached hydrogen (secondary N) is 1. The van der Waals surface area contributed by atoms with Crippen LogP contribution in [0, 0.1) is 0 Å². The van der Waals surface area contributed by atoms with Crippen molar-refractivity contribution in [1.82, 2.24) is 4.98 Å². The van der Waals surface area contributed by atoms with Crippen molar-refractivity contribution in [3.05, 3.63) is 46.3 Å². The number of rotatable bonds is 2. The first-order valence-corrected chi connectivity index (χ1v) is 6.51. The maximum absolute atomic E-state index is 11.4. The summed E-state index contributed by atoms with van der Waals surface area (Å²) in [5.41, 5.74) is 1.69. The lowest BCUT2D eigenvalue weighted by molar-refractivity contribution is 0.0700. The molecule has 1 aromatic carbocycles. The molecular weight excluding hydrogens is 270 g/mol. The van der Waals surface area contributed by atoms with Crippen molar-refractivity contribution in [3.63, 3.8) is 0 Å². The van der Waals surface area contributed by atoms with E-state index in [1.807, 2.05) is 17.5 Å². The zero-order valence-electron chi connectivity index (χ0n) is 9.11. The van der Waals surface area contributed by atoms with Gasteiger partial charge in [-0.3, -0.25) is 0 Å². The van der Waals surface area contributed by atoms with Gasteiger partial charge in [0.25, 0.3) is 0 Å². The van der Waals surface area contributed by atoms with Crippen LogP contribution < -0.4 is 0 Å². The number of H-pyrrole nitrogens is 1. The van der Waals surface area contributed by atoms with Crippen molar-refractivity contribution in [3.8, 4) is 10.6 Å². The Morgan fingerprint density at radius 1 is 1.33 bits per heavy atom. The third kappa shape index (κ3) is 1.70. The van der Waals surface area contributed by atoms with E-state index in [4.69, 9.17) is 11.6 Å². The van der Waals surface area contributed by atoms with E-state index in [1.54, 1.807) is 18.2 Å². The summed E-state index contributed by atoms with van der Waals surface area (Å²) in [7, 11) is 0. The minimum absolute atomic E-state index is 0.273. The number of carboxylic acid groups (broad SMARTS) is 1. The number of hydrogen-bond acceptors (Lipinski definition) is 2. The molecule has 0 saturated heterocycles. The van der Waals surface area contributed by atoms with Crippen LogP contribution in [0.25, 0.3) is 21.5 Å². The fourth-order valence-corrected chi connectivity index (χ4v) is 2.90. The van der Waals surface area contributed by atoms with Gasteiger partial charge in [-0.1, -0.05) is 17.7 Å². The van der Waals surface area contributed by atoms with Gasteiger partial charge in [-0.15, -0.1) is 11.3 Å². The second-order valence-electron chi connectivity index (χ2n) is 3.85. The van der Waals surface area contributed by atoms with Crippen molar-refractivity contribution < 1.29 is 9.90 Å². The molecule has 0 aliphatic heterocycles. The minimum Gasteiger partial charge on any atom is -0.478 e. The van der Waals surface area contributed by atoms with Crippen LogP contribution in [0.15, 0.2) is 35.7 Å². The summed E-state index contributed by atoms with van der Waals surface area (Å²) in [5.74, 6) is -0.952. The van der Waals surface area contributed by atoms with E-state index in [1.165, 1.54) is 11.3 Å². The first-order valence-electron chi connectivity index (χ1n) is 5.25. The molecule has 2 N–H and O–H groups in total. The lowest BCUT2D eigenvalue weighted by atomic mass is 10.1. The molecule has 18 heavy (non-hydrogen) atoms. The van der Waals surface area contributed by atoms with Gasteiger partial charge in [-0.05, 0) is 29.6 Å². The molecule has 0 spiro atoms. The molecule has 0 aliphatic carbocycles. The van der Waals surface area contributed by atoms with Crippen molar-refractivity contribution in [1.29, 1.82) is 0 Å². The highest BCUT2D eigenvalue weighted by atomic mass is 35.5. The fraction of sp³-hybridized carbons (Fsp3) is 0. The molecule has 3 aromatic rings. The van der Waals surface area contributed by atoms with Gasteiger partial charge in [0.1, 0.15) is 0 Å². The molecule has 5 heteroatoms. The number of halogens is 1. The van der Waals surface area contributed by atoms with Gasteiger partial charge in [-0.25, -0.2) is 4.79 Å². The predicted molar refractivity (Wildman–Crippen MR) is 73.6 cm³/mol. The molecule has 0 amide bonds. The smallest absolute Gasteiger partial charge is 0.338 e. The van der Waals surface area contributed by atoms with E-state index in [-0.39, 0.29) is 5.56 Å². The molecule has 0 atom stereocenters. The number of benzene rings is 1. The summed E-state index contributed by atoms with van der Waals surface area (Å²) in [6.07, 6.45) is 0. The average Bonchev–Trinajstić information content (AvgIpc) is 2.94. The van der Waals surface area contributed by atoms with Gasteiger partial charge in [0, 0.05) is 15.9 Å². The molecular formula is C13H8ClNO2S. The van der Waals surface area contributed by atoms with Crippen molar-refractivity contribution in [2.24, 2.45) is 0 Å². The monoisotopic (exact) mass is 277 g/mol. The van der Waals surface area contributed by atoms with E-state index in [0.717, 1.165) is 10.4 Å². The van der Waals surface area contributed by atoms with Gasteiger partial charge in [0.2, 0.25) is 0 Å². The van der Waals surface area contributed by atoms with Gasteiger partial charge >= 0.3 is 5.97 Å². The highest BCUT2D eigenvalue weighted by molar-refractivity contribution is 7.13. The third-order valence-corrected chi connectivity index (χ3v) is 3.86. The molecule has 2 aromatic heterocycles. The summed E-state index contributed by atoms with van der Waals surface area (Å²) < 4.78 is 0. The van der Waals surface area contributed by atoms with Gasteiger partial charge in [0.05, 0.1) is 16.1 Å². The molecule has 2 heterocycles. The fourth-order valence-electron chi connectivity index (χ4n) is 1.99. The zero-order chi connectivity index (χ0) is 12.7. The topological polar surface area (TPSA) is 53.1 Å². The molecule has 0 fully saturated rings. The number of aromatic amines is 1. The highest BCUT2D eigenvalue weighted by Gasteiger charge is 2.19. The zero-order valence-corrected chi connectivity index (χ0v) is 10.7. The Balaban J connectivity index is 2.38. The van der Waals surface area contributed by atoms with Crippen LogP contribution >= 0.6 is 22.9 Å². The summed E-state index contributed by atoms with van der Waals surface area (Å²) >= 11 is 7.42. The number of fused-ring (bicyclic) bond motifs is 1. The molecule has 3 nitrogen and oxygen atoms in total. The quantitative estimate of drug-likeness (QED) is 0.736. The molecule has 90 valence electrons. The molecule has 0 radical (unpaired) electrons. The van der Waals surface area contributed by atoms with Crippen LogP contribution in [0.3, 0.4) is 0 Å². The van der Waals surface area contributed by atoms with Crippen LogP contribution in [0.4, 0.5) is 0 Å². The predicted octanol–water partition coefficient (Wildman–Crippen LogP) is 4.25. The Morgan fingerprint density at radius 3 is 2.83 bits per heavy atom. The van der Waals surface area contributed by atoms with Crippen LogP contribution in [-0.4, -0.2) is 16.1 Å². The lowest BCUT2D eigenvalue weighted by Gasteiger charge is -1.96. The van der Waals surface area contributed by atoms with Crippen LogP contribution in [0.5, 0.6) is 0 Å². The molecule has 0 aliphatic rings. The molecule has 0 bridgehead atoms. The summed E-state index contributed by atoms with van der Waals surface area (Å²) in [6, 6.07) is 8.99. The number of thiophene rings is 1. The second kappa shape index (κ2) is 4.15. The summed E-state index contributed by atoms with van der Waals surface area (Å²) in [4.78, 5) is 15.5. The Labute approximate surface area is 112 Å². The van der Waals surface area contributed by atoms with E-state index in [0.29, 0.717) is 16.1 Å². The van der Waals surface area contributed by atoms with Crippen LogP contribution in [-0.2, 0) is 0 Å². The van der Waals surface area contributed by atoms with E-state index >= 15 is 0 Å². The lowest BCUT2D eigenvalue weighted by Crippen LogP contribution is -1.96. The Kier molecular flexibility index (Phi) is 2.61. The standard InChI is InChI=1S/C13H8ClNO2S/c14-7-3-4-9-8(6-7)11(13(16)17)12(15-9)10-2-1-5-18-10/h1-6,15H,(H,16,17). The molecule has 0 saturated carbocycles. The summed E-state index contributed by atoms with van der Waals surface area (Å²) in [5, 5.41) is 12.5. The van der Waals surface area contributed by atoms with E-state index in [9.17, 15) is 9.90 Å². The third-order valence-electron chi connectivity index (χ3n) is 2.74. The number of carboxylic acids is 1. The number of aromatic nitrogens is 1. The number of hydrogen-bond donors (Lipinski definition) is 2. The maximum atomic E-state index is 11.4. The van der Waals surface area contributed by atoms with Crippen molar-refractivity contribution in [2.75, 3.05) is 0 Å². The van der Waals surface area contributed by atoms with E-state index in [2.05, 4.69) is 4.98 Å². The SMILES string of the molecule is O=C(O)c1c(-c2cccs2)[nH]c2ccc(Cl)cc12. The Morgan fingerprint density at radius 2 is 2.17 bits per heavy atom.